The van der Waals surface area contributed by atoms with Gasteiger partial charge in [0.15, 0.2) is 0 Å². The fourth-order valence-corrected chi connectivity index (χ4v) is 1.28. The zero-order valence-corrected chi connectivity index (χ0v) is 9.25. The first-order valence-electron chi connectivity index (χ1n) is 5.14. The lowest BCUT2D eigenvalue weighted by molar-refractivity contribution is 0.0526. The van der Waals surface area contributed by atoms with E-state index in [2.05, 4.69) is 6.58 Å². The Kier molecular flexibility index (Phi) is 4.10. The molecule has 0 aliphatic carbocycles. The van der Waals surface area contributed by atoms with Gasteiger partial charge in [0, 0.05) is 0 Å². The lowest BCUT2D eigenvalue weighted by atomic mass is 10.0. The van der Waals surface area contributed by atoms with Crippen LogP contribution in [0.15, 0.2) is 30.8 Å². The van der Waals surface area contributed by atoms with Crippen LogP contribution >= 0.6 is 0 Å². The van der Waals surface area contributed by atoms with Gasteiger partial charge in [-0.1, -0.05) is 25.6 Å². The number of ether oxygens (including phenoxy) is 1. The monoisotopic (exact) mass is 204 g/mol. The SMILES string of the molecule is C=C(CC)c1cccc(C(=O)OCC)c1. The molecule has 2 nitrogen and oxygen atoms in total. The second-order valence-corrected chi connectivity index (χ2v) is 3.26. The van der Waals surface area contributed by atoms with Crippen molar-refractivity contribution in [1.82, 2.24) is 0 Å². The summed E-state index contributed by atoms with van der Waals surface area (Å²) in [5.41, 5.74) is 2.62. The summed E-state index contributed by atoms with van der Waals surface area (Å²) in [6, 6.07) is 7.38. The minimum atomic E-state index is -0.275. The first kappa shape index (κ1) is 11.5. The van der Waals surface area contributed by atoms with Crippen LogP contribution in [0.4, 0.5) is 0 Å². The summed E-state index contributed by atoms with van der Waals surface area (Å²) in [5.74, 6) is -0.275. The van der Waals surface area contributed by atoms with Gasteiger partial charge < -0.3 is 4.74 Å². The van der Waals surface area contributed by atoms with Crippen LogP contribution in [0.3, 0.4) is 0 Å². The fraction of sp³-hybridized carbons (Fsp3) is 0.308. The lowest BCUT2D eigenvalue weighted by Gasteiger charge is -2.05. The van der Waals surface area contributed by atoms with Gasteiger partial charge in [-0.15, -0.1) is 0 Å². The molecule has 0 atom stereocenters. The molecule has 0 saturated heterocycles. The van der Waals surface area contributed by atoms with Gasteiger partial charge in [-0.25, -0.2) is 4.79 Å². The van der Waals surface area contributed by atoms with E-state index in [1.54, 1.807) is 13.0 Å². The third-order valence-corrected chi connectivity index (χ3v) is 2.21. The molecule has 0 saturated carbocycles. The zero-order chi connectivity index (χ0) is 11.3. The molecule has 0 aliphatic rings. The van der Waals surface area contributed by atoms with E-state index in [1.807, 2.05) is 25.1 Å². The van der Waals surface area contributed by atoms with Crippen molar-refractivity contribution in [3.8, 4) is 0 Å². The van der Waals surface area contributed by atoms with Crippen molar-refractivity contribution in [2.75, 3.05) is 6.61 Å². The molecule has 0 unspecified atom stereocenters. The van der Waals surface area contributed by atoms with Crippen LogP contribution in [0.2, 0.25) is 0 Å². The van der Waals surface area contributed by atoms with Crippen LogP contribution in [0, 0.1) is 0 Å². The molecule has 0 aromatic heterocycles. The Morgan fingerprint density at radius 3 is 2.60 bits per heavy atom. The van der Waals surface area contributed by atoms with Gasteiger partial charge in [-0.2, -0.15) is 0 Å². The third-order valence-electron chi connectivity index (χ3n) is 2.21. The second kappa shape index (κ2) is 5.35. The molecule has 1 aromatic rings. The van der Waals surface area contributed by atoms with E-state index in [0.29, 0.717) is 12.2 Å². The molecule has 0 amide bonds. The predicted octanol–water partition coefficient (Wildman–Crippen LogP) is 3.29. The molecule has 0 aliphatic heterocycles. The highest BCUT2D eigenvalue weighted by Crippen LogP contribution is 2.17. The number of esters is 1. The van der Waals surface area contributed by atoms with E-state index < -0.39 is 0 Å². The summed E-state index contributed by atoms with van der Waals surface area (Å²) >= 11 is 0. The van der Waals surface area contributed by atoms with E-state index in [-0.39, 0.29) is 5.97 Å². The van der Waals surface area contributed by atoms with Crippen molar-refractivity contribution in [3.05, 3.63) is 42.0 Å². The van der Waals surface area contributed by atoms with Crippen molar-refractivity contribution in [2.24, 2.45) is 0 Å². The van der Waals surface area contributed by atoms with Crippen LogP contribution in [0.25, 0.3) is 5.57 Å². The summed E-state index contributed by atoms with van der Waals surface area (Å²) in [6.45, 7) is 8.18. The average Bonchev–Trinajstić information content (AvgIpc) is 2.28. The molecular formula is C13H16O2. The normalized spacial score (nSPS) is 9.73. The maximum atomic E-state index is 11.5. The van der Waals surface area contributed by atoms with Gasteiger partial charge in [0.2, 0.25) is 0 Å². The number of allylic oxidation sites excluding steroid dienone is 1. The Hall–Kier alpha value is -1.57. The molecule has 1 aromatic carbocycles. The second-order valence-electron chi connectivity index (χ2n) is 3.26. The Balaban J connectivity index is 2.92. The fourth-order valence-electron chi connectivity index (χ4n) is 1.28. The quantitative estimate of drug-likeness (QED) is 0.703. The van der Waals surface area contributed by atoms with Crippen LogP contribution in [0.5, 0.6) is 0 Å². The number of benzene rings is 1. The highest BCUT2D eigenvalue weighted by atomic mass is 16.5. The molecule has 80 valence electrons. The van der Waals surface area contributed by atoms with Crippen molar-refractivity contribution in [3.63, 3.8) is 0 Å². The largest absolute Gasteiger partial charge is 0.462 e. The first-order chi connectivity index (χ1) is 7.19. The molecule has 0 fully saturated rings. The standard InChI is InChI=1S/C13H16O2/c1-4-10(3)11-7-6-8-12(9-11)13(14)15-5-2/h6-9H,3-5H2,1-2H3. The molecule has 0 heterocycles. The maximum Gasteiger partial charge on any atom is 0.338 e. The lowest BCUT2D eigenvalue weighted by Crippen LogP contribution is -2.04. The average molecular weight is 204 g/mol. The van der Waals surface area contributed by atoms with Gasteiger partial charge >= 0.3 is 5.97 Å². The summed E-state index contributed by atoms with van der Waals surface area (Å²) in [7, 11) is 0. The molecule has 0 spiro atoms. The van der Waals surface area contributed by atoms with Gasteiger partial charge in [-0.05, 0) is 36.6 Å². The van der Waals surface area contributed by atoms with Gasteiger partial charge in [0.05, 0.1) is 12.2 Å². The summed E-state index contributed by atoms with van der Waals surface area (Å²) in [4.78, 5) is 11.5. The van der Waals surface area contributed by atoms with Crippen molar-refractivity contribution in [2.45, 2.75) is 20.3 Å². The van der Waals surface area contributed by atoms with E-state index in [1.165, 1.54) is 0 Å². The number of carbonyl (C=O) groups excluding carboxylic acids is 1. The smallest absolute Gasteiger partial charge is 0.338 e. The highest BCUT2D eigenvalue weighted by Gasteiger charge is 2.07. The van der Waals surface area contributed by atoms with Gasteiger partial charge in [-0.3, -0.25) is 0 Å². The molecular weight excluding hydrogens is 188 g/mol. The molecule has 2 heteroatoms. The Bertz CT molecular complexity index is 367. The molecule has 0 N–H and O–H groups in total. The summed E-state index contributed by atoms with van der Waals surface area (Å²) in [6.07, 6.45) is 0.881. The number of hydrogen-bond donors (Lipinski definition) is 0. The first-order valence-corrected chi connectivity index (χ1v) is 5.14. The van der Waals surface area contributed by atoms with Crippen molar-refractivity contribution in [1.29, 1.82) is 0 Å². The van der Waals surface area contributed by atoms with Crippen LogP contribution in [-0.2, 0) is 4.74 Å². The Labute approximate surface area is 90.6 Å². The predicted molar refractivity (Wildman–Crippen MR) is 61.7 cm³/mol. The van der Waals surface area contributed by atoms with E-state index in [4.69, 9.17) is 4.74 Å². The Morgan fingerprint density at radius 1 is 1.33 bits per heavy atom. The minimum Gasteiger partial charge on any atom is -0.462 e. The topological polar surface area (TPSA) is 26.3 Å². The van der Waals surface area contributed by atoms with Crippen LogP contribution in [0.1, 0.15) is 36.2 Å². The van der Waals surface area contributed by atoms with Crippen LogP contribution in [-0.4, -0.2) is 12.6 Å². The zero-order valence-electron chi connectivity index (χ0n) is 9.25. The highest BCUT2D eigenvalue weighted by molar-refractivity contribution is 5.90. The number of hydrogen-bond acceptors (Lipinski definition) is 2. The molecule has 0 bridgehead atoms. The van der Waals surface area contributed by atoms with Gasteiger partial charge in [0.1, 0.15) is 0 Å². The Morgan fingerprint density at radius 2 is 2.00 bits per heavy atom. The molecule has 0 radical (unpaired) electrons. The van der Waals surface area contributed by atoms with Gasteiger partial charge in [0.25, 0.3) is 0 Å². The van der Waals surface area contributed by atoms with E-state index in [9.17, 15) is 4.79 Å². The van der Waals surface area contributed by atoms with Crippen molar-refractivity contribution < 1.29 is 9.53 Å². The van der Waals surface area contributed by atoms with Crippen molar-refractivity contribution >= 4 is 11.5 Å². The summed E-state index contributed by atoms with van der Waals surface area (Å²) < 4.78 is 4.93. The number of carbonyl (C=O) groups is 1. The summed E-state index contributed by atoms with van der Waals surface area (Å²) in [5, 5.41) is 0. The van der Waals surface area contributed by atoms with Crippen LogP contribution < -0.4 is 0 Å². The minimum absolute atomic E-state index is 0.275. The number of rotatable bonds is 4. The van der Waals surface area contributed by atoms with E-state index >= 15 is 0 Å². The van der Waals surface area contributed by atoms with E-state index in [0.717, 1.165) is 17.6 Å². The third kappa shape index (κ3) is 2.94. The maximum absolute atomic E-state index is 11.5. The molecule has 1 rings (SSSR count). The molecule has 15 heavy (non-hydrogen) atoms.